The van der Waals surface area contributed by atoms with E-state index in [1.807, 2.05) is 0 Å². The lowest BCUT2D eigenvalue weighted by atomic mass is 9.85. The van der Waals surface area contributed by atoms with Crippen molar-refractivity contribution in [1.82, 2.24) is 0 Å². The highest BCUT2D eigenvalue weighted by atomic mass is 32.1. The zero-order valence-corrected chi connectivity index (χ0v) is 41.4. The molecule has 0 unspecified atom stereocenters. The molecule has 0 aliphatic rings. The van der Waals surface area contributed by atoms with Crippen LogP contribution in [0.25, 0.3) is 161 Å². The van der Waals surface area contributed by atoms with E-state index in [2.05, 4.69) is 0 Å². The van der Waals surface area contributed by atoms with Gasteiger partial charge in [-0.05, 0) is 133 Å². The second-order valence-electron chi connectivity index (χ2n) is 17.3. The van der Waals surface area contributed by atoms with Gasteiger partial charge < -0.3 is 0 Å². The van der Waals surface area contributed by atoms with Crippen LogP contribution in [0.15, 0.2) is 290 Å². The summed E-state index contributed by atoms with van der Waals surface area (Å²) in [5.74, 6) is 0. The van der Waals surface area contributed by atoms with Crippen molar-refractivity contribution < 1.29 is 65.8 Å². The highest BCUT2D eigenvalue weighted by Gasteiger charge is 2.22. The number of benzene rings is 15. The van der Waals surface area contributed by atoms with Gasteiger partial charge in [-0.3, -0.25) is 0 Å². The van der Waals surface area contributed by atoms with Crippen molar-refractivity contribution in [2.24, 2.45) is 0 Å². The summed E-state index contributed by atoms with van der Waals surface area (Å²) in [4.78, 5) is 0. The van der Waals surface area contributed by atoms with Crippen molar-refractivity contribution in [2.75, 3.05) is 0 Å². The quantitative estimate of drug-likeness (QED) is 0.151. The summed E-state index contributed by atoms with van der Waals surface area (Å²) >= 11 is 1.31. The first-order chi connectivity index (χ1) is 59.7. The standard InChI is InChI=1S/C42H26S.C36H22S/c1-2-11-30-26-31(25-22-27(30)10-1)28-20-23-29(24-21-28)40-33-13-3-5-15-35(33)41(36-16-6-4-14-34(36)40)38-18-9-17-37-32-12-7-8-19-39(32)43-42(37)38;1-2-11-24-22-25(21-20-23(24)10-1)34-27-13-3-5-15-29(27)35(30-16-6-4-14-28(30)34)32-18-9-17-31-26-12-7-8-19-33(26)37-36(31)32/h1-26H;1-22H/i1D,2D,3D,4D,5D,6D,7D,8D,9D,10D,11D,12D,13D,14D,15D,16D,17D,18D,19D,20D,21D,22D,23D,24D,25D,26D;1D,2D,3D,4D,5D,6D,7D,8D,9D,10D,11D,12D,13D,14D,15D,16D,17D,18D,19D,20D,21D,22D. The fraction of sp³-hybridized carbons (Fsp3) is 0. The Morgan fingerprint density at radius 1 is 0.200 bits per heavy atom. The maximum absolute atomic E-state index is 9.49. The second kappa shape index (κ2) is 19.0. The molecule has 0 spiro atoms. The molecule has 2 heterocycles. The third-order valence-electron chi connectivity index (χ3n) is 13.0. The van der Waals surface area contributed by atoms with Crippen molar-refractivity contribution in [1.29, 1.82) is 0 Å². The summed E-state index contributed by atoms with van der Waals surface area (Å²) in [6, 6.07) is -39.3. The van der Waals surface area contributed by atoms with Gasteiger partial charge in [-0.2, -0.15) is 0 Å². The van der Waals surface area contributed by atoms with Crippen LogP contribution in [-0.4, -0.2) is 0 Å². The maximum Gasteiger partial charge on any atom is 0.0638 e. The molecule has 0 fully saturated rings. The second-order valence-corrected chi connectivity index (χ2v) is 19.3. The number of hydrogen-bond acceptors (Lipinski definition) is 2. The van der Waals surface area contributed by atoms with Gasteiger partial charge in [0.25, 0.3) is 0 Å². The Bertz CT molecular complexity index is 8080. The van der Waals surface area contributed by atoms with Gasteiger partial charge in [0.15, 0.2) is 0 Å². The molecule has 0 amide bonds. The van der Waals surface area contributed by atoms with E-state index in [0.717, 1.165) is 0 Å². The largest absolute Gasteiger partial charge is 0.135 e. The number of hydrogen-bond donors (Lipinski definition) is 0. The fourth-order valence-electron chi connectivity index (χ4n) is 9.63. The van der Waals surface area contributed by atoms with Gasteiger partial charge in [0.2, 0.25) is 0 Å². The Hall–Kier alpha value is -9.70. The SMILES string of the molecule is [2H]c1c([2H])c(-c2c3c([2H])c([2H])c([2H])c([2H])c3c(-c3c([2H])c([2H])c([2H])c4c3sc3c([2H])c([2H])c([2H])c([2H])c34)c3c([2H])c([2H])c([2H])c([2H])c23)c([2H])c([2H])c1-c1c([2H])c([2H])c2c([2H])c([2H])c([2H])c([2H])c2c1[2H].[2H]c1c([2H])c([2H])c2c(sc3c(-c4c5c([2H])c([2H])c([2H])c([2H])c5c(-c5c([2H])c([2H])c6c([2H])c([2H])c([2H])c([2H])c6c5[2H])c5c([2H])c([2H])c([2H])c([2H])c45)c([2H])c([2H])c([2H])c32)c1[2H]. The van der Waals surface area contributed by atoms with Crippen molar-refractivity contribution in [3.05, 3.63) is 290 Å². The maximum atomic E-state index is 9.49. The molecule has 17 rings (SSSR count). The molecule has 0 saturated carbocycles. The van der Waals surface area contributed by atoms with Gasteiger partial charge in [0.05, 0.1) is 65.8 Å². The van der Waals surface area contributed by atoms with Crippen LogP contribution >= 0.6 is 22.7 Å². The van der Waals surface area contributed by atoms with E-state index < -0.39 is 410 Å². The van der Waals surface area contributed by atoms with Crippen LogP contribution in [-0.2, 0) is 0 Å². The average Bonchev–Trinajstić information content (AvgIpc) is 1.01. The third kappa shape index (κ3) is 7.56. The van der Waals surface area contributed by atoms with Crippen LogP contribution in [0.1, 0.15) is 65.8 Å². The molecule has 2 aromatic heterocycles. The molecule has 0 N–H and O–H groups in total. The van der Waals surface area contributed by atoms with Gasteiger partial charge in [-0.1, -0.05) is 266 Å². The van der Waals surface area contributed by atoms with Crippen LogP contribution in [0, 0.1) is 0 Å². The van der Waals surface area contributed by atoms with Gasteiger partial charge in [0, 0.05) is 51.5 Å². The number of rotatable bonds is 5. The Morgan fingerprint density at radius 2 is 0.500 bits per heavy atom. The minimum absolute atomic E-state index is 0.0961. The van der Waals surface area contributed by atoms with Crippen molar-refractivity contribution in [3.8, 4) is 55.6 Å². The summed E-state index contributed by atoms with van der Waals surface area (Å²) in [5.41, 5.74) is -6.21. The minimum atomic E-state index is -1.05. The van der Waals surface area contributed by atoms with Crippen molar-refractivity contribution >= 4 is 128 Å². The Balaban J connectivity index is 0.000000190. The fourth-order valence-corrected chi connectivity index (χ4v) is 11.8. The third-order valence-corrected chi connectivity index (χ3v) is 15.2. The van der Waals surface area contributed by atoms with E-state index in [1.165, 1.54) is 0 Å². The molecular formula is C78H48S2. The zero-order chi connectivity index (χ0) is 94.4. The van der Waals surface area contributed by atoms with Crippen LogP contribution < -0.4 is 0 Å². The summed E-state index contributed by atoms with van der Waals surface area (Å²) in [6.07, 6.45) is 0. The smallest absolute Gasteiger partial charge is 0.0638 e. The lowest BCUT2D eigenvalue weighted by Crippen LogP contribution is -1.91. The predicted octanol–water partition coefficient (Wildman–Crippen LogP) is 23.4. The minimum Gasteiger partial charge on any atom is -0.135 e. The zero-order valence-electron chi connectivity index (χ0n) is 87.8. The summed E-state index contributed by atoms with van der Waals surface area (Å²) in [5, 5.41) is -7.90. The molecule has 0 aliphatic carbocycles. The molecule has 0 nitrogen and oxygen atoms in total. The van der Waals surface area contributed by atoms with Gasteiger partial charge in [0.1, 0.15) is 0 Å². The van der Waals surface area contributed by atoms with Gasteiger partial charge >= 0.3 is 0 Å². The molecule has 0 radical (unpaired) electrons. The monoisotopic (exact) mass is 1100 g/mol. The number of fused-ring (bicyclic) bond motifs is 12. The Kier molecular flexibility index (Phi) is 4.52. The normalized spacial score (nSPS) is 20.1. The molecule has 80 heavy (non-hydrogen) atoms. The van der Waals surface area contributed by atoms with E-state index in [9.17, 15) is 21.9 Å². The first-order valence-electron chi connectivity index (χ1n) is 47.6. The molecule has 0 bridgehead atoms. The topological polar surface area (TPSA) is 0 Å². The molecule has 0 saturated heterocycles. The van der Waals surface area contributed by atoms with Crippen LogP contribution in [0.3, 0.4) is 0 Å². The molecule has 15 aromatic carbocycles. The van der Waals surface area contributed by atoms with Gasteiger partial charge in [-0.15, -0.1) is 22.7 Å². The molecular weight excluding hydrogens is 1000 g/mol. The molecule has 0 aliphatic heterocycles. The Labute approximate surface area is 538 Å². The average molecular weight is 1100 g/mol. The summed E-state index contributed by atoms with van der Waals surface area (Å²) in [6.45, 7) is 0. The van der Waals surface area contributed by atoms with Crippen LogP contribution in [0.2, 0.25) is 0 Å². The lowest BCUT2D eigenvalue weighted by molar-refractivity contribution is 1.63. The van der Waals surface area contributed by atoms with E-state index in [-0.39, 0.29) is 40.3 Å². The molecule has 17 aromatic rings. The van der Waals surface area contributed by atoms with Crippen LogP contribution in [0.5, 0.6) is 0 Å². The highest BCUT2D eigenvalue weighted by molar-refractivity contribution is 7.26. The molecule has 2 heteroatoms. The van der Waals surface area contributed by atoms with Crippen molar-refractivity contribution in [3.63, 3.8) is 0 Å². The number of thiophene rings is 2. The van der Waals surface area contributed by atoms with Gasteiger partial charge in [-0.25, -0.2) is 0 Å². The first-order valence-corrected chi connectivity index (χ1v) is 25.2. The van der Waals surface area contributed by atoms with E-state index in [4.69, 9.17) is 43.9 Å². The summed E-state index contributed by atoms with van der Waals surface area (Å²) < 4.78 is 426. The van der Waals surface area contributed by atoms with E-state index in [0.29, 0.717) is 22.7 Å². The van der Waals surface area contributed by atoms with Crippen LogP contribution in [0.4, 0.5) is 0 Å². The first kappa shape index (κ1) is 19.0. The van der Waals surface area contributed by atoms with E-state index in [1.54, 1.807) is 0 Å². The predicted molar refractivity (Wildman–Crippen MR) is 351 cm³/mol. The summed E-state index contributed by atoms with van der Waals surface area (Å²) in [7, 11) is 0. The van der Waals surface area contributed by atoms with Crippen molar-refractivity contribution in [2.45, 2.75) is 0 Å². The lowest BCUT2D eigenvalue weighted by Gasteiger charge is -2.18. The molecule has 372 valence electrons. The molecule has 0 atom stereocenters. The Morgan fingerprint density at radius 3 is 0.938 bits per heavy atom. The highest BCUT2D eigenvalue weighted by Crippen LogP contribution is 2.50. The van der Waals surface area contributed by atoms with E-state index >= 15 is 0 Å².